The Kier molecular flexibility index (Phi) is 3.11. The Morgan fingerprint density at radius 1 is 1.35 bits per heavy atom. The molecule has 0 spiro atoms. The highest BCUT2D eigenvalue weighted by atomic mass is 19.1. The van der Waals surface area contributed by atoms with E-state index < -0.39 is 5.82 Å². The number of hydrogen-bond acceptors (Lipinski definition) is 4. The van der Waals surface area contributed by atoms with Gasteiger partial charge in [-0.15, -0.1) is 0 Å². The third-order valence-corrected chi connectivity index (χ3v) is 4.30. The molecule has 0 atom stereocenters. The number of likely N-dealkylation sites (tertiary alicyclic amines) is 1. The number of amides is 1. The summed E-state index contributed by atoms with van der Waals surface area (Å²) >= 11 is 0. The van der Waals surface area contributed by atoms with Crippen LogP contribution >= 0.6 is 0 Å². The molecule has 116 valence electrons. The monoisotopic (exact) mass is 311 g/mol. The van der Waals surface area contributed by atoms with Crippen LogP contribution in [0.25, 0.3) is 10.8 Å². The number of nitrogens with zero attached hydrogens (tertiary/aromatic N) is 3. The average molecular weight is 311 g/mol. The molecule has 0 aliphatic carbocycles. The van der Waals surface area contributed by atoms with Crippen molar-refractivity contribution in [3.63, 3.8) is 0 Å². The van der Waals surface area contributed by atoms with Crippen LogP contribution in [0.3, 0.4) is 0 Å². The SMILES string of the molecule is Cc1conc1C1CN(C(=O)c2cc3ccncc3cc2F)C1. The van der Waals surface area contributed by atoms with Gasteiger partial charge >= 0.3 is 0 Å². The van der Waals surface area contributed by atoms with Crippen LogP contribution in [0.2, 0.25) is 0 Å². The van der Waals surface area contributed by atoms with E-state index in [0.29, 0.717) is 18.5 Å². The molecule has 1 saturated heterocycles. The maximum atomic E-state index is 14.2. The first kappa shape index (κ1) is 13.9. The number of fused-ring (bicyclic) bond motifs is 1. The molecule has 1 amide bonds. The Morgan fingerprint density at radius 2 is 2.17 bits per heavy atom. The Bertz CT molecular complexity index is 900. The summed E-state index contributed by atoms with van der Waals surface area (Å²) in [6.45, 7) is 2.98. The Balaban J connectivity index is 1.56. The number of halogens is 1. The van der Waals surface area contributed by atoms with E-state index >= 15 is 0 Å². The van der Waals surface area contributed by atoms with Crippen LogP contribution in [0.5, 0.6) is 0 Å². The lowest BCUT2D eigenvalue weighted by molar-refractivity contribution is 0.0590. The molecule has 0 saturated carbocycles. The average Bonchev–Trinajstić information content (AvgIpc) is 2.91. The van der Waals surface area contributed by atoms with Crippen molar-refractivity contribution in [1.29, 1.82) is 0 Å². The predicted octanol–water partition coefficient (Wildman–Crippen LogP) is 2.91. The van der Waals surface area contributed by atoms with E-state index in [4.69, 9.17) is 4.52 Å². The summed E-state index contributed by atoms with van der Waals surface area (Å²) < 4.78 is 19.2. The van der Waals surface area contributed by atoms with E-state index in [2.05, 4.69) is 10.1 Å². The van der Waals surface area contributed by atoms with Gasteiger partial charge in [0.2, 0.25) is 0 Å². The van der Waals surface area contributed by atoms with Gasteiger partial charge in [-0.1, -0.05) is 5.16 Å². The molecular weight excluding hydrogens is 297 g/mol. The third-order valence-electron chi connectivity index (χ3n) is 4.30. The summed E-state index contributed by atoms with van der Waals surface area (Å²) in [5, 5.41) is 5.45. The summed E-state index contributed by atoms with van der Waals surface area (Å²) in [7, 11) is 0. The van der Waals surface area contributed by atoms with Crippen molar-refractivity contribution in [2.45, 2.75) is 12.8 Å². The first-order valence-corrected chi connectivity index (χ1v) is 7.37. The van der Waals surface area contributed by atoms with Gasteiger partial charge in [-0.25, -0.2) is 4.39 Å². The third kappa shape index (κ3) is 2.27. The zero-order valence-corrected chi connectivity index (χ0v) is 12.5. The van der Waals surface area contributed by atoms with Crippen LogP contribution in [0.15, 0.2) is 41.4 Å². The second kappa shape index (κ2) is 5.15. The van der Waals surface area contributed by atoms with Gasteiger partial charge in [0.1, 0.15) is 12.1 Å². The minimum Gasteiger partial charge on any atom is -0.364 e. The van der Waals surface area contributed by atoms with Crippen molar-refractivity contribution in [1.82, 2.24) is 15.0 Å². The number of aromatic nitrogens is 2. The lowest BCUT2D eigenvalue weighted by Crippen LogP contribution is -2.49. The molecular formula is C17H14FN3O2. The van der Waals surface area contributed by atoms with Gasteiger partial charge in [0.15, 0.2) is 0 Å². The number of pyridine rings is 1. The number of aryl methyl sites for hydroxylation is 1. The minimum absolute atomic E-state index is 0.0963. The van der Waals surface area contributed by atoms with Gasteiger partial charge in [-0.2, -0.15) is 0 Å². The van der Waals surface area contributed by atoms with Crippen molar-refractivity contribution in [2.75, 3.05) is 13.1 Å². The molecule has 2 aromatic heterocycles. The normalized spacial score (nSPS) is 15.0. The van der Waals surface area contributed by atoms with Crippen molar-refractivity contribution in [3.05, 3.63) is 59.5 Å². The number of hydrogen-bond donors (Lipinski definition) is 0. The molecule has 0 radical (unpaired) electrons. The summed E-state index contributed by atoms with van der Waals surface area (Å²) in [5.41, 5.74) is 1.95. The topological polar surface area (TPSA) is 59.2 Å². The first-order chi connectivity index (χ1) is 11.1. The van der Waals surface area contributed by atoms with E-state index in [0.717, 1.165) is 16.6 Å². The molecule has 23 heavy (non-hydrogen) atoms. The van der Waals surface area contributed by atoms with Crippen LogP contribution < -0.4 is 0 Å². The maximum absolute atomic E-state index is 14.2. The quantitative estimate of drug-likeness (QED) is 0.730. The number of carbonyl (C=O) groups excluding carboxylic acids is 1. The highest BCUT2D eigenvalue weighted by Gasteiger charge is 2.35. The van der Waals surface area contributed by atoms with Crippen LogP contribution in [-0.4, -0.2) is 34.0 Å². The molecule has 6 heteroatoms. The molecule has 5 nitrogen and oxygen atoms in total. The molecule has 1 fully saturated rings. The zero-order chi connectivity index (χ0) is 16.0. The highest BCUT2D eigenvalue weighted by molar-refractivity contribution is 5.99. The lowest BCUT2D eigenvalue weighted by atomic mass is 9.93. The fourth-order valence-corrected chi connectivity index (χ4v) is 2.95. The Hall–Kier alpha value is -2.76. The van der Waals surface area contributed by atoms with Crippen molar-refractivity contribution in [3.8, 4) is 0 Å². The van der Waals surface area contributed by atoms with Gasteiger partial charge in [-0.3, -0.25) is 9.78 Å². The summed E-state index contributed by atoms with van der Waals surface area (Å²) in [5.74, 6) is -0.652. The zero-order valence-electron chi connectivity index (χ0n) is 12.5. The second-order valence-electron chi connectivity index (χ2n) is 5.84. The molecule has 3 aromatic rings. The van der Waals surface area contributed by atoms with Gasteiger partial charge in [0.25, 0.3) is 5.91 Å². The highest BCUT2D eigenvalue weighted by Crippen LogP contribution is 2.30. The van der Waals surface area contributed by atoms with E-state index in [-0.39, 0.29) is 17.4 Å². The molecule has 0 unspecified atom stereocenters. The van der Waals surface area contributed by atoms with Crippen molar-refractivity contribution < 1.29 is 13.7 Å². The molecule has 1 aliphatic rings. The van der Waals surface area contributed by atoms with Crippen LogP contribution in [0.1, 0.15) is 27.5 Å². The Labute approximate surface area is 131 Å². The van der Waals surface area contributed by atoms with Gasteiger partial charge in [-0.05, 0) is 30.5 Å². The molecule has 1 aliphatic heterocycles. The summed E-state index contributed by atoms with van der Waals surface area (Å²) in [6.07, 6.45) is 4.80. The molecule has 3 heterocycles. The summed E-state index contributed by atoms with van der Waals surface area (Å²) in [4.78, 5) is 18.1. The number of benzene rings is 1. The lowest BCUT2D eigenvalue weighted by Gasteiger charge is -2.38. The Morgan fingerprint density at radius 3 is 2.91 bits per heavy atom. The first-order valence-electron chi connectivity index (χ1n) is 7.37. The number of rotatable bonds is 2. The number of carbonyl (C=O) groups is 1. The predicted molar refractivity (Wildman–Crippen MR) is 81.6 cm³/mol. The molecule has 0 bridgehead atoms. The fourth-order valence-electron chi connectivity index (χ4n) is 2.95. The summed E-state index contributed by atoms with van der Waals surface area (Å²) in [6, 6.07) is 4.71. The standard InChI is InChI=1S/C17H14FN3O2/c1-10-9-23-20-16(10)13-7-21(8-13)17(22)14-4-11-2-3-19-6-12(11)5-15(14)18/h2-6,9,13H,7-8H2,1H3. The van der Waals surface area contributed by atoms with Gasteiger partial charge in [0, 0.05) is 42.4 Å². The van der Waals surface area contributed by atoms with Crippen molar-refractivity contribution >= 4 is 16.7 Å². The van der Waals surface area contributed by atoms with Crippen LogP contribution in [0.4, 0.5) is 4.39 Å². The molecule has 4 rings (SSSR count). The fraction of sp³-hybridized carbons (Fsp3) is 0.235. The maximum Gasteiger partial charge on any atom is 0.256 e. The van der Waals surface area contributed by atoms with Crippen molar-refractivity contribution in [2.24, 2.45) is 0 Å². The van der Waals surface area contributed by atoms with Gasteiger partial charge < -0.3 is 9.42 Å². The van der Waals surface area contributed by atoms with Crippen LogP contribution in [-0.2, 0) is 0 Å². The molecule has 0 N–H and O–H groups in total. The minimum atomic E-state index is -0.517. The van der Waals surface area contributed by atoms with Crippen LogP contribution in [0, 0.1) is 12.7 Å². The molecule has 1 aromatic carbocycles. The van der Waals surface area contributed by atoms with E-state index in [1.54, 1.807) is 35.7 Å². The van der Waals surface area contributed by atoms with E-state index in [1.165, 1.54) is 6.07 Å². The van der Waals surface area contributed by atoms with E-state index in [1.807, 2.05) is 6.92 Å². The largest absolute Gasteiger partial charge is 0.364 e. The van der Waals surface area contributed by atoms with E-state index in [9.17, 15) is 9.18 Å². The smallest absolute Gasteiger partial charge is 0.256 e. The van der Waals surface area contributed by atoms with Gasteiger partial charge in [0.05, 0.1) is 11.3 Å². The second-order valence-corrected chi connectivity index (χ2v) is 5.84.